The van der Waals surface area contributed by atoms with Crippen LogP contribution in [0.25, 0.3) is 0 Å². The van der Waals surface area contributed by atoms with Gasteiger partial charge >= 0.3 is 0 Å². The van der Waals surface area contributed by atoms with Crippen LogP contribution in [0.15, 0.2) is 23.2 Å². The Morgan fingerprint density at radius 1 is 1.22 bits per heavy atom. The zero-order chi connectivity index (χ0) is 18.9. The first kappa shape index (κ1) is 24.1. The van der Waals surface area contributed by atoms with Crippen molar-refractivity contribution < 1.29 is 4.39 Å². The molecule has 1 aromatic carbocycles. The predicted molar refractivity (Wildman–Crippen MR) is 123 cm³/mol. The summed E-state index contributed by atoms with van der Waals surface area (Å²) in [6.07, 6.45) is 0.849. The monoisotopic (exact) mass is 491 g/mol. The van der Waals surface area contributed by atoms with Gasteiger partial charge in [-0.1, -0.05) is 13.0 Å². The molecule has 2 N–H and O–H groups in total. The van der Waals surface area contributed by atoms with Gasteiger partial charge in [0.25, 0.3) is 0 Å². The van der Waals surface area contributed by atoms with Gasteiger partial charge in [-0.2, -0.15) is 0 Å². The molecule has 1 saturated heterocycles. The lowest BCUT2D eigenvalue weighted by Gasteiger charge is -2.37. The van der Waals surface area contributed by atoms with Gasteiger partial charge in [0.2, 0.25) is 0 Å². The first-order chi connectivity index (χ1) is 12.5. The minimum absolute atomic E-state index is 0. The summed E-state index contributed by atoms with van der Waals surface area (Å²) < 4.78 is 13.2. The Kier molecular flexibility index (Phi) is 11.2. The second-order valence-corrected chi connectivity index (χ2v) is 7.02. The maximum atomic E-state index is 13.2. The summed E-state index contributed by atoms with van der Waals surface area (Å²) in [4.78, 5) is 9.34. The summed E-state index contributed by atoms with van der Waals surface area (Å²) in [5.74, 6) is 0.647. The second-order valence-electron chi connectivity index (χ2n) is 7.02. The number of hydrogen-bond donors (Lipinski definition) is 2. The maximum absolute atomic E-state index is 13.2. The zero-order valence-electron chi connectivity index (χ0n) is 17.1. The van der Waals surface area contributed by atoms with Crippen molar-refractivity contribution in [3.05, 3.63) is 35.1 Å². The molecule has 0 amide bonds. The predicted octanol–water partition coefficient (Wildman–Crippen LogP) is 2.49. The minimum Gasteiger partial charge on any atom is -0.356 e. The molecule has 1 fully saturated rings. The minimum atomic E-state index is -0.176. The smallest absolute Gasteiger partial charge is 0.191 e. The van der Waals surface area contributed by atoms with Gasteiger partial charge in [0.05, 0.1) is 0 Å². The van der Waals surface area contributed by atoms with E-state index >= 15 is 0 Å². The topological polar surface area (TPSA) is 42.9 Å². The number of halogens is 2. The fourth-order valence-corrected chi connectivity index (χ4v) is 3.37. The summed E-state index contributed by atoms with van der Waals surface area (Å²) in [5, 5.41) is 6.78. The van der Waals surface area contributed by atoms with E-state index in [1.807, 2.05) is 13.0 Å². The Hall–Kier alpha value is -0.930. The van der Waals surface area contributed by atoms with Crippen LogP contribution < -0.4 is 10.6 Å². The Labute approximate surface area is 180 Å². The Balaban J connectivity index is 0.00000364. The molecule has 0 saturated carbocycles. The van der Waals surface area contributed by atoms with Crippen LogP contribution in [-0.4, -0.2) is 74.7 Å². The number of aryl methyl sites for hydroxylation is 1. The van der Waals surface area contributed by atoms with Gasteiger partial charge in [0.1, 0.15) is 5.82 Å². The van der Waals surface area contributed by atoms with E-state index in [2.05, 4.69) is 39.3 Å². The van der Waals surface area contributed by atoms with Crippen LogP contribution in [0.4, 0.5) is 4.39 Å². The maximum Gasteiger partial charge on any atom is 0.191 e. The van der Waals surface area contributed by atoms with Crippen molar-refractivity contribution in [3.63, 3.8) is 0 Å². The van der Waals surface area contributed by atoms with Gasteiger partial charge in [-0.15, -0.1) is 24.0 Å². The summed E-state index contributed by atoms with van der Waals surface area (Å²) in [7, 11) is 1.79. The highest BCUT2D eigenvalue weighted by molar-refractivity contribution is 14.0. The summed E-state index contributed by atoms with van der Waals surface area (Å²) in [5.41, 5.74) is 2.16. The van der Waals surface area contributed by atoms with Crippen LogP contribution in [0, 0.1) is 12.7 Å². The summed E-state index contributed by atoms with van der Waals surface area (Å²) in [6.45, 7) is 13.8. The van der Waals surface area contributed by atoms with Crippen molar-refractivity contribution in [2.45, 2.75) is 33.2 Å². The van der Waals surface area contributed by atoms with Crippen molar-refractivity contribution in [1.29, 1.82) is 0 Å². The molecule has 0 aromatic heterocycles. The number of nitrogens with zero attached hydrogens (tertiary/aromatic N) is 3. The molecule has 1 heterocycles. The molecule has 7 heteroatoms. The number of aliphatic imine (C=N–C) groups is 1. The van der Waals surface area contributed by atoms with Crippen LogP contribution in [0.3, 0.4) is 0 Å². The van der Waals surface area contributed by atoms with E-state index in [4.69, 9.17) is 0 Å². The van der Waals surface area contributed by atoms with Crippen molar-refractivity contribution in [2.75, 3.05) is 52.9 Å². The molecule has 0 spiro atoms. The highest BCUT2D eigenvalue weighted by Gasteiger charge is 2.20. The third-order valence-electron chi connectivity index (χ3n) is 5.26. The third-order valence-corrected chi connectivity index (χ3v) is 5.26. The molecular formula is C20H35FIN5. The van der Waals surface area contributed by atoms with E-state index in [9.17, 15) is 4.39 Å². The lowest BCUT2D eigenvalue weighted by atomic mass is 10.1. The van der Waals surface area contributed by atoms with Crippen LogP contribution >= 0.6 is 24.0 Å². The van der Waals surface area contributed by atoms with Crippen LogP contribution in [0.1, 0.15) is 25.0 Å². The lowest BCUT2D eigenvalue weighted by Crippen LogP contribution is -2.53. The standard InChI is InChI=1S/C20H34FN5.HI/c1-5-25-10-12-26(13-11-25)17(3)15-24-20(22-4)23-9-8-18-6-7-19(21)14-16(18)2;/h6-7,14,17H,5,8-13,15H2,1-4H3,(H2,22,23,24);1H. The average Bonchev–Trinajstić information content (AvgIpc) is 2.65. The molecule has 154 valence electrons. The van der Waals surface area contributed by atoms with Crippen LogP contribution in [0.2, 0.25) is 0 Å². The van der Waals surface area contributed by atoms with Gasteiger partial charge in [-0.3, -0.25) is 9.89 Å². The molecule has 2 rings (SSSR count). The largest absolute Gasteiger partial charge is 0.356 e. The highest BCUT2D eigenvalue weighted by Crippen LogP contribution is 2.10. The molecule has 1 aromatic rings. The van der Waals surface area contributed by atoms with E-state index in [1.165, 1.54) is 6.07 Å². The molecule has 0 aliphatic carbocycles. The molecule has 27 heavy (non-hydrogen) atoms. The van der Waals surface area contributed by atoms with Crippen LogP contribution in [-0.2, 0) is 6.42 Å². The quantitative estimate of drug-likeness (QED) is 0.350. The number of guanidine groups is 1. The Morgan fingerprint density at radius 3 is 2.52 bits per heavy atom. The lowest BCUT2D eigenvalue weighted by molar-refractivity contribution is 0.107. The van der Waals surface area contributed by atoms with Crippen LogP contribution in [0.5, 0.6) is 0 Å². The van der Waals surface area contributed by atoms with Crippen molar-refractivity contribution in [2.24, 2.45) is 4.99 Å². The van der Waals surface area contributed by atoms with Gasteiger partial charge in [0.15, 0.2) is 5.96 Å². The molecule has 1 aliphatic heterocycles. The van der Waals surface area contributed by atoms with E-state index < -0.39 is 0 Å². The SMILES string of the molecule is CCN1CCN(C(C)CNC(=NC)NCCc2ccc(F)cc2C)CC1.I. The van der Waals surface area contributed by atoms with Gasteiger partial charge < -0.3 is 15.5 Å². The number of benzene rings is 1. The first-order valence-corrected chi connectivity index (χ1v) is 9.69. The number of rotatable bonds is 7. The normalized spacial score (nSPS) is 17.3. The van der Waals surface area contributed by atoms with Gasteiger partial charge in [-0.05, 0) is 50.1 Å². The Bertz CT molecular complexity index is 588. The molecule has 0 radical (unpaired) electrons. The Morgan fingerprint density at radius 2 is 1.93 bits per heavy atom. The fraction of sp³-hybridized carbons (Fsp3) is 0.650. The van der Waals surface area contributed by atoms with Crippen molar-refractivity contribution in [1.82, 2.24) is 20.4 Å². The molecule has 1 aliphatic rings. The van der Waals surface area contributed by atoms with E-state index in [0.717, 1.165) is 69.3 Å². The van der Waals surface area contributed by atoms with Gasteiger partial charge in [-0.25, -0.2) is 4.39 Å². The second kappa shape index (κ2) is 12.5. The molecule has 0 bridgehead atoms. The zero-order valence-corrected chi connectivity index (χ0v) is 19.4. The highest BCUT2D eigenvalue weighted by atomic mass is 127. The van der Waals surface area contributed by atoms with Crippen molar-refractivity contribution >= 4 is 29.9 Å². The van der Waals surface area contributed by atoms with E-state index in [-0.39, 0.29) is 29.8 Å². The summed E-state index contributed by atoms with van der Waals surface area (Å²) in [6, 6.07) is 5.45. The number of piperazine rings is 1. The van der Waals surface area contributed by atoms with E-state index in [1.54, 1.807) is 13.1 Å². The molecule has 5 nitrogen and oxygen atoms in total. The molecule has 1 atom stereocenters. The molecular weight excluding hydrogens is 456 g/mol. The average molecular weight is 491 g/mol. The van der Waals surface area contributed by atoms with E-state index in [0.29, 0.717) is 6.04 Å². The molecule has 1 unspecified atom stereocenters. The third kappa shape index (κ3) is 7.91. The fourth-order valence-electron chi connectivity index (χ4n) is 3.37. The van der Waals surface area contributed by atoms with Gasteiger partial charge in [0, 0.05) is 52.4 Å². The number of hydrogen-bond acceptors (Lipinski definition) is 3. The van der Waals surface area contributed by atoms with Crippen molar-refractivity contribution in [3.8, 4) is 0 Å². The summed E-state index contributed by atoms with van der Waals surface area (Å²) >= 11 is 0. The number of nitrogens with one attached hydrogen (secondary N) is 2. The number of likely N-dealkylation sites (N-methyl/N-ethyl adjacent to an activating group) is 1. The first-order valence-electron chi connectivity index (χ1n) is 9.69.